The molecule has 0 bridgehead atoms. The van der Waals surface area contributed by atoms with Crippen molar-refractivity contribution in [2.24, 2.45) is 0 Å². The van der Waals surface area contributed by atoms with E-state index >= 15 is 0 Å². The third-order valence-corrected chi connectivity index (χ3v) is 9.48. The van der Waals surface area contributed by atoms with E-state index in [2.05, 4.69) is 31.3 Å². The van der Waals surface area contributed by atoms with Crippen LogP contribution in [0.4, 0.5) is 0 Å². The summed E-state index contributed by atoms with van der Waals surface area (Å²) >= 11 is 0. The number of aliphatic hydroxyl groups is 3. The first kappa shape index (κ1) is 45.8. The maximum atomic E-state index is 12.4. The Labute approximate surface area is 292 Å². The maximum Gasteiger partial charge on any atom is 0.222 e. The highest BCUT2D eigenvalue weighted by Crippen LogP contribution is 2.15. The highest BCUT2D eigenvalue weighted by Gasteiger charge is 2.20. The Hall–Kier alpha value is -1.17. The van der Waals surface area contributed by atoms with Gasteiger partial charge in [-0.25, -0.2) is 0 Å². The summed E-state index contributed by atoms with van der Waals surface area (Å²) in [7, 11) is 0. The topological polar surface area (TPSA) is 89.8 Å². The third-order valence-electron chi connectivity index (χ3n) is 9.48. The molecule has 5 heteroatoms. The van der Waals surface area contributed by atoms with Gasteiger partial charge in [-0.1, -0.05) is 186 Å². The van der Waals surface area contributed by atoms with E-state index in [1.807, 2.05) is 6.08 Å². The molecule has 0 spiro atoms. The molecular weight excluding hydrogens is 582 g/mol. The molecule has 4 N–H and O–H groups in total. The van der Waals surface area contributed by atoms with Crippen LogP contribution in [-0.2, 0) is 4.79 Å². The maximum absolute atomic E-state index is 12.4. The second-order valence-electron chi connectivity index (χ2n) is 14.2. The summed E-state index contributed by atoms with van der Waals surface area (Å²) in [5.74, 6) is -0.321. The fourth-order valence-corrected chi connectivity index (χ4v) is 6.27. The van der Waals surface area contributed by atoms with Gasteiger partial charge in [-0.05, 0) is 44.9 Å². The first-order valence-corrected chi connectivity index (χ1v) is 20.6. The molecule has 0 saturated heterocycles. The summed E-state index contributed by atoms with van der Waals surface area (Å²) < 4.78 is 0. The molecule has 0 aromatic rings. The summed E-state index contributed by atoms with van der Waals surface area (Å²) in [4.78, 5) is 12.4. The Bertz CT molecular complexity index is 694. The van der Waals surface area contributed by atoms with Crippen LogP contribution in [0.15, 0.2) is 24.3 Å². The fraction of sp³-hybridized carbons (Fsp3) is 0.881. The Kier molecular flexibility index (Phi) is 36.7. The van der Waals surface area contributed by atoms with E-state index in [0.29, 0.717) is 6.42 Å². The smallest absolute Gasteiger partial charge is 0.222 e. The van der Waals surface area contributed by atoms with Gasteiger partial charge >= 0.3 is 0 Å². The molecule has 0 aromatic heterocycles. The molecular formula is C42H81NO4. The van der Waals surface area contributed by atoms with Gasteiger partial charge in [-0.3, -0.25) is 4.79 Å². The molecule has 0 fully saturated rings. The molecule has 0 saturated carbocycles. The third kappa shape index (κ3) is 34.5. The largest absolute Gasteiger partial charge is 0.394 e. The van der Waals surface area contributed by atoms with E-state index in [0.717, 1.165) is 38.5 Å². The minimum Gasteiger partial charge on any atom is -0.394 e. The number of hydrogen-bond donors (Lipinski definition) is 4. The van der Waals surface area contributed by atoms with Gasteiger partial charge in [-0.15, -0.1) is 0 Å². The monoisotopic (exact) mass is 664 g/mol. The summed E-state index contributed by atoms with van der Waals surface area (Å²) in [6.45, 7) is 4.19. The van der Waals surface area contributed by atoms with Gasteiger partial charge in [0.2, 0.25) is 5.91 Å². The molecule has 0 aliphatic rings. The zero-order valence-corrected chi connectivity index (χ0v) is 31.4. The SMILES string of the molecule is CCCCCC/C=C\CCCCCCCC(O)CC(=O)NC(CO)C(O)/C=C/CCCCCCCCCCCCCCCCCCC. The molecule has 0 radical (unpaired) electrons. The van der Waals surface area contributed by atoms with Crippen molar-refractivity contribution in [1.82, 2.24) is 5.32 Å². The molecule has 3 atom stereocenters. The number of rotatable bonds is 37. The lowest BCUT2D eigenvalue weighted by Gasteiger charge is -2.21. The van der Waals surface area contributed by atoms with Crippen molar-refractivity contribution >= 4 is 5.91 Å². The van der Waals surface area contributed by atoms with Crippen molar-refractivity contribution in [3.8, 4) is 0 Å². The molecule has 0 heterocycles. The fourth-order valence-electron chi connectivity index (χ4n) is 6.27. The predicted molar refractivity (Wildman–Crippen MR) is 204 cm³/mol. The van der Waals surface area contributed by atoms with Crippen molar-refractivity contribution < 1.29 is 20.1 Å². The minimum absolute atomic E-state index is 0.00917. The van der Waals surface area contributed by atoms with Crippen LogP contribution in [0, 0.1) is 0 Å². The van der Waals surface area contributed by atoms with Crippen molar-refractivity contribution in [2.75, 3.05) is 6.61 Å². The number of nitrogens with one attached hydrogen (secondary N) is 1. The van der Waals surface area contributed by atoms with Gasteiger partial charge in [0.1, 0.15) is 0 Å². The lowest BCUT2D eigenvalue weighted by Crippen LogP contribution is -2.45. The molecule has 5 nitrogen and oxygen atoms in total. The van der Waals surface area contributed by atoms with E-state index in [4.69, 9.17) is 0 Å². The first-order valence-electron chi connectivity index (χ1n) is 20.6. The Morgan fingerprint density at radius 2 is 0.894 bits per heavy atom. The number of amides is 1. The average molecular weight is 664 g/mol. The van der Waals surface area contributed by atoms with E-state index in [1.165, 1.54) is 148 Å². The molecule has 0 aromatic carbocycles. The van der Waals surface area contributed by atoms with Gasteiger partial charge in [0.25, 0.3) is 0 Å². The standard InChI is InChI=1S/C42H81NO4/c1-3-5-7-9-11-13-15-17-18-19-20-21-22-24-26-28-30-32-34-36-41(46)40(38-44)43-42(47)37-39(45)35-33-31-29-27-25-23-16-14-12-10-8-6-4-2/h14,16,34,36,39-41,44-46H,3-13,15,17-33,35,37-38H2,1-2H3,(H,43,47)/b16-14-,36-34+. The van der Waals surface area contributed by atoms with Crippen LogP contribution in [0.25, 0.3) is 0 Å². The van der Waals surface area contributed by atoms with Crippen LogP contribution in [0.1, 0.15) is 213 Å². The zero-order valence-electron chi connectivity index (χ0n) is 31.4. The predicted octanol–water partition coefficient (Wildman–Crippen LogP) is 11.4. The number of aliphatic hydroxyl groups excluding tert-OH is 3. The van der Waals surface area contributed by atoms with Crippen molar-refractivity contribution in [2.45, 2.75) is 231 Å². The summed E-state index contributed by atoms with van der Waals surface area (Å²) in [5, 5.41) is 33.1. The van der Waals surface area contributed by atoms with Crippen LogP contribution < -0.4 is 5.32 Å². The van der Waals surface area contributed by atoms with Crippen LogP contribution in [0.5, 0.6) is 0 Å². The normalized spacial score (nSPS) is 13.9. The van der Waals surface area contributed by atoms with Crippen LogP contribution >= 0.6 is 0 Å². The number of carbonyl (C=O) groups is 1. The lowest BCUT2D eigenvalue weighted by molar-refractivity contribution is -0.124. The summed E-state index contributed by atoms with van der Waals surface area (Å²) in [6, 6.07) is -0.744. The van der Waals surface area contributed by atoms with Crippen molar-refractivity contribution in [1.29, 1.82) is 0 Å². The van der Waals surface area contributed by atoms with E-state index in [9.17, 15) is 20.1 Å². The van der Waals surface area contributed by atoms with E-state index in [1.54, 1.807) is 6.08 Å². The molecule has 0 aliphatic heterocycles. The summed E-state index contributed by atoms with van der Waals surface area (Å²) in [6.07, 6.45) is 44.5. The second kappa shape index (κ2) is 37.6. The van der Waals surface area contributed by atoms with Crippen LogP contribution in [0.2, 0.25) is 0 Å². The van der Waals surface area contributed by atoms with Crippen molar-refractivity contribution in [3.05, 3.63) is 24.3 Å². The van der Waals surface area contributed by atoms with Gasteiger partial charge < -0.3 is 20.6 Å². The Morgan fingerprint density at radius 1 is 0.532 bits per heavy atom. The lowest BCUT2D eigenvalue weighted by atomic mass is 10.0. The average Bonchev–Trinajstić information content (AvgIpc) is 3.06. The molecule has 0 rings (SSSR count). The molecule has 278 valence electrons. The number of hydrogen-bond acceptors (Lipinski definition) is 4. The summed E-state index contributed by atoms with van der Waals surface area (Å²) in [5.41, 5.74) is 0. The van der Waals surface area contributed by atoms with Gasteiger partial charge in [0.05, 0.1) is 31.3 Å². The second-order valence-corrected chi connectivity index (χ2v) is 14.2. The molecule has 1 amide bonds. The molecule has 47 heavy (non-hydrogen) atoms. The van der Waals surface area contributed by atoms with Gasteiger partial charge in [-0.2, -0.15) is 0 Å². The number of carbonyl (C=O) groups excluding carboxylic acids is 1. The minimum atomic E-state index is -0.928. The highest BCUT2D eigenvalue weighted by atomic mass is 16.3. The number of unbranched alkanes of at least 4 members (excludes halogenated alkanes) is 26. The number of allylic oxidation sites excluding steroid dienone is 3. The van der Waals surface area contributed by atoms with E-state index < -0.39 is 18.2 Å². The molecule has 3 unspecified atom stereocenters. The van der Waals surface area contributed by atoms with Crippen molar-refractivity contribution in [3.63, 3.8) is 0 Å². The Balaban J connectivity index is 3.69. The van der Waals surface area contributed by atoms with Gasteiger partial charge in [0.15, 0.2) is 0 Å². The first-order chi connectivity index (χ1) is 23.0. The van der Waals surface area contributed by atoms with Crippen LogP contribution in [-0.4, -0.2) is 46.1 Å². The molecule has 0 aliphatic carbocycles. The van der Waals surface area contributed by atoms with Gasteiger partial charge in [0, 0.05) is 0 Å². The quantitative estimate of drug-likeness (QED) is 0.0393. The highest BCUT2D eigenvalue weighted by molar-refractivity contribution is 5.76. The van der Waals surface area contributed by atoms with E-state index in [-0.39, 0.29) is 18.9 Å². The van der Waals surface area contributed by atoms with Crippen LogP contribution in [0.3, 0.4) is 0 Å². The Morgan fingerprint density at radius 3 is 1.32 bits per heavy atom. The zero-order chi connectivity index (χ0) is 34.5.